The highest BCUT2D eigenvalue weighted by atomic mass is 127. The van der Waals surface area contributed by atoms with Crippen LogP contribution in [0.25, 0.3) is 6.08 Å². The lowest BCUT2D eigenvalue weighted by molar-refractivity contribution is -0.121. The number of nitrogens with zero attached hydrogens (tertiary/aromatic N) is 2. The number of urea groups is 1. The van der Waals surface area contributed by atoms with E-state index in [-0.39, 0.29) is 12.3 Å². The molecule has 0 spiro atoms. The first-order valence-electron chi connectivity index (χ1n) is 8.82. The number of nitriles is 1. The Labute approximate surface area is 182 Å². The van der Waals surface area contributed by atoms with Crippen molar-refractivity contribution >= 4 is 40.6 Å². The van der Waals surface area contributed by atoms with Crippen LogP contribution in [0.2, 0.25) is 0 Å². The molecular weight excluding hydrogens is 485 g/mol. The summed E-state index contributed by atoms with van der Waals surface area (Å²) >= 11 is 2.13. The fraction of sp³-hybridized carbons (Fsp3) is 0.190. The van der Waals surface area contributed by atoms with Gasteiger partial charge in [0.1, 0.15) is 12.3 Å². The number of carbonyl (C=O) groups excluding carboxylic acids is 2. The largest absolute Gasteiger partial charge is 0.490 e. The van der Waals surface area contributed by atoms with Gasteiger partial charge >= 0.3 is 6.03 Å². The Morgan fingerprint density at radius 2 is 2.00 bits per heavy atom. The van der Waals surface area contributed by atoms with E-state index in [0.717, 1.165) is 14.0 Å². The zero-order chi connectivity index (χ0) is 21.0. The lowest BCUT2D eigenvalue weighted by Crippen LogP contribution is -2.25. The maximum atomic E-state index is 12.1. The molecule has 148 valence electrons. The Balaban J connectivity index is 1.90. The minimum atomic E-state index is -0.461. The van der Waals surface area contributed by atoms with Crippen LogP contribution in [0.4, 0.5) is 4.79 Å². The first-order chi connectivity index (χ1) is 13.9. The lowest BCUT2D eigenvalue weighted by atomic mass is 10.1. The number of amides is 3. The van der Waals surface area contributed by atoms with Crippen LogP contribution >= 0.6 is 22.6 Å². The highest BCUT2D eigenvalue weighted by molar-refractivity contribution is 14.1. The summed E-state index contributed by atoms with van der Waals surface area (Å²) in [7, 11) is 1.42. The Kier molecular flexibility index (Phi) is 6.39. The van der Waals surface area contributed by atoms with Crippen LogP contribution in [0, 0.1) is 14.9 Å². The molecule has 0 unspecified atom stereocenters. The number of hydrogen-bond acceptors (Lipinski definition) is 5. The van der Waals surface area contributed by atoms with E-state index in [2.05, 4.69) is 34.0 Å². The molecule has 7 nitrogen and oxygen atoms in total. The molecule has 2 aromatic rings. The van der Waals surface area contributed by atoms with Gasteiger partial charge in [-0.3, -0.25) is 9.69 Å². The number of imide groups is 1. The fourth-order valence-electron chi connectivity index (χ4n) is 2.77. The van der Waals surface area contributed by atoms with Gasteiger partial charge in [-0.15, -0.1) is 0 Å². The molecule has 1 fully saturated rings. The van der Waals surface area contributed by atoms with Crippen LogP contribution in [0.1, 0.15) is 23.6 Å². The van der Waals surface area contributed by atoms with Crippen LogP contribution in [0.5, 0.6) is 11.5 Å². The van der Waals surface area contributed by atoms with Gasteiger partial charge in [0.25, 0.3) is 5.91 Å². The quantitative estimate of drug-likeness (QED) is 0.369. The van der Waals surface area contributed by atoms with Gasteiger partial charge in [-0.1, -0.05) is 18.2 Å². The van der Waals surface area contributed by atoms with Gasteiger partial charge in [0.15, 0.2) is 11.5 Å². The van der Waals surface area contributed by atoms with Crippen molar-refractivity contribution in [2.45, 2.75) is 13.5 Å². The molecule has 0 bridgehead atoms. The predicted molar refractivity (Wildman–Crippen MR) is 115 cm³/mol. The number of halogens is 1. The van der Waals surface area contributed by atoms with Crippen molar-refractivity contribution in [2.24, 2.45) is 0 Å². The Hall–Kier alpha value is -3.06. The molecule has 0 saturated carbocycles. The number of nitrogens with one attached hydrogen (secondary N) is 1. The van der Waals surface area contributed by atoms with Gasteiger partial charge in [-0.2, -0.15) is 5.26 Å². The number of benzene rings is 2. The summed E-state index contributed by atoms with van der Waals surface area (Å²) in [5, 5.41) is 11.8. The molecule has 3 amide bonds. The molecule has 0 atom stereocenters. The van der Waals surface area contributed by atoms with Gasteiger partial charge in [-0.05, 0) is 59.4 Å². The summed E-state index contributed by atoms with van der Waals surface area (Å²) < 4.78 is 12.5. The maximum Gasteiger partial charge on any atom is 0.328 e. The van der Waals surface area contributed by atoms with Crippen LogP contribution in [0.3, 0.4) is 0 Å². The van der Waals surface area contributed by atoms with Crippen LogP contribution in [-0.4, -0.2) is 30.5 Å². The van der Waals surface area contributed by atoms with Crippen molar-refractivity contribution in [2.75, 3.05) is 13.7 Å². The molecule has 1 aliphatic rings. The third kappa shape index (κ3) is 4.51. The van der Waals surface area contributed by atoms with E-state index >= 15 is 0 Å². The van der Waals surface area contributed by atoms with Crippen molar-refractivity contribution in [3.63, 3.8) is 0 Å². The van der Waals surface area contributed by atoms with E-state index in [1.54, 1.807) is 24.3 Å². The van der Waals surface area contributed by atoms with Gasteiger partial charge in [-0.25, -0.2) is 4.79 Å². The normalized spacial score (nSPS) is 14.7. The van der Waals surface area contributed by atoms with Crippen molar-refractivity contribution in [1.82, 2.24) is 10.2 Å². The minimum absolute atomic E-state index is 0.201. The van der Waals surface area contributed by atoms with E-state index in [0.29, 0.717) is 29.2 Å². The van der Waals surface area contributed by atoms with Crippen LogP contribution in [0.15, 0.2) is 42.1 Å². The van der Waals surface area contributed by atoms with Gasteiger partial charge in [0, 0.05) is 12.6 Å². The molecule has 2 aromatic carbocycles. The van der Waals surface area contributed by atoms with Crippen molar-refractivity contribution < 1.29 is 19.1 Å². The molecule has 1 N–H and O–H groups in total. The number of rotatable bonds is 6. The summed E-state index contributed by atoms with van der Waals surface area (Å²) in [5.74, 6) is 0.684. The zero-order valence-corrected chi connectivity index (χ0v) is 18.0. The predicted octanol–water partition coefficient (Wildman–Crippen LogP) is 3.66. The van der Waals surface area contributed by atoms with E-state index < -0.39 is 11.9 Å². The summed E-state index contributed by atoms with van der Waals surface area (Å²) in [4.78, 5) is 24.7. The van der Waals surface area contributed by atoms with Crippen molar-refractivity contribution in [3.8, 4) is 17.6 Å². The number of hydrogen-bond donors (Lipinski definition) is 1. The zero-order valence-electron chi connectivity index (χ0n) is 15.9. The smallest absolute Gasteiger partial charge is 0.328 e. The van der Waals surface area contributed by atoms with Gasteiger partial charge in [0.05, 0.1) is 21.8 Å². The molecule has 1 heterocycles. The topological polar surface area (TPSA) is 91.7 Å². The third-order valence-electron chi connectivity index (χ3n) is 4.23. The monoisotopic (exact) mass is 503 g/mol. The average molecular weight is 503 g/mol. The second kappa shape index (κ2) is 8.96. The highest BCUT2D eigenvalue weighted by Crippen LogP contribution is 2.35. The molecule has 0 aromatic heterocycles. The van der Waals surface area contributed by atoms with E-state index in [9.17, 15) is 14.9 Å². The molecule has 8 heteroatoms. The van der Waals surface area contributed by atoms with Gasteiger partial charge < -0.3 is 14.8 Å². The van der Waals surface area contributed by atoms with Crippen LogP contribution in [-0.2, 0) is 11.4 Å². The highest BCUT2D eigenvalue weighted by Gasteiger charge is 2.30. The lowest BCUT2D eigenvalue weighted by Gasteiger charge is -2.15. The third-order valence-corrected chi connectivity index (χ3v) is 5.04. The minimum Gasteiger partial charge on any atom is -0.490 e. The molecule has 1 aliphatic heterocycles. The van der Waals surface area contributed by atoms with Gasteiger partial charge in [0.2, 0.25) is 0 Å². The van der Waals surface area contributed by atoms with Crippen molar-refractivity contribution in [1.29, 1.82) is 5.26 Å². The number of ether oxygens (including phenoxy) is 2. The SMILES string of the molecule is CCOc1cc(/C=C2/NC(=O)N(C)C2=O)cc(I)c1OCc1ccccc1C#N. The number of carbonyl (C=O) groups is 2. The summed E-state index contributed by atoms with van der Waals surface area (Å²) in [6.45, 7) is 2.52. The second-order valence-electron chi connectivity index (χ2n) is 6.17. The average Bonchev–Trinajstić information content (AvgIpc) is 2.94. The standard InChI is InChI=1S/C21H18IN3O4/c1-3-28-18-10-13(9-17-20(26)25(2)21(27)24-17)8-16(22)19(18)29-12-15-7-5-4-6-14(15)11-23/h4-10H,3,12H2,1-2H3,(H,24,27)/b17-9+. The Morgan fingerprint density at radius 3 is 2.66 bits per heavy atom. The maximum absolute atomic E-state index is 12.1. The Bertz CT molecular complexity index is 1040. The first-order valence-corrected chi connectivity index (χ1v) is 9.90. The van der Waals surface area contributed by atoms with Crippen LogP contribution < -0.4 is 14.8 Å². The van der Waals surface area contributed by atoms with E-state index in [1.165, 1.54) is 7.05 Å². The molecular formula is C21H18IN3O4. The fourth-order valence-corrected chi connectivity index (χ4v) is 3.55. The second-order valence-corrected chi connectivity index (χ2v) is 7.34. The van der Waals surface area contributed by atoms with Crippen molar-refractivity contribution in [3.05, 3.63) is 62.4 Å². The molecule has 0 radical (unpaired) electrons. The summed E-state index contributed by atoms with van der Waals surface area (Å²) in [6.07, 6.45) is 1.60. The summed E-state index contributed by atoms with van der Waals surface area (Å²) in [5.41, 5.74) is 2.23. The van der Waals surface area contributed by atoms with E-state index in [1.807, 2.05) is 25.1 Å². The molecule has 1 saturated heterocycles. The molecule has 3 rings (SSSR count). The molecule has 29 heavy (non-hydrogen) atoms. The van der Waals surface area contributed by atoms with E-state index in [4.69, 9.17) is 9.47 Å². The number of likely N-dealkylation sites (N-methyl/N-ethyl adjacent to an activating group) is 1. The Morgan fingerprint density at radius 1 is 1.24 bits per heavy atom. The summed E-state index contributed by atoms with van der Waals surface area (Å²) in [6, 6.07) is 12.5. The molecule has 0 aliphatic carbocycles. The first kappa shape index (κ1) is 20.7.